The number of rotatable bonds is 6. The Morgan fingerprint density at radius 2 is 1.79 bits per heavy atom. The van der Waals surface area contributed by atoms with E-state index in [1.165, 1.54) is 18.2 Å². The van der Waals surface area contributed by atoms with E-state index in [9.17, 15) is 19.7 Å². The fourth-order valence-electron chi connectivity index (χ4n) is 2.42. The largest absolute Gasteiger partial charge is 0.343 e. The van der Waals surface area contributed by atoms with Gasteiger partial charge in [0.05, 0.1) is 4.92 Å². The Balaban J connectivity index is 2.33. The number of carbonyl (C=O) groups excluding carboxylic acids is 2. The molecule has 7 nitrogen and oxygen atoms in total. The number of nitrogens with one attached hydrogen (secondary N) is 2. The summed E-state index contributed by atoms with van der Waals surface area (Å²) in [5.41, 5.74) is 2.61. The highest BCUT2D eigenvalue weighted by molar-refractivity contribution is 5.97. The van der Waals surface area contributed by atoms with Crippen LogP contribution in [0.1, 0.15) is 22.7 Å². The van der Waals surface area contributed by atoms with E-state index in [2.05, 4.69) is 10.6 Å². The minimum atomic E-state index is -1.03. The molecule has 0 bridgehead atoms. The first-order chi connectivity index (χ1) is 11.4. The summed E-state index contributed by atoms with van der Waals surface area (Å²) in [6.07, 6.45) is 0.397. The van der Waals surface area contributed by atoms with Gasteiger partial charge in [-0.3, -0.25) is 19.7 Å². The lowest BCUT2D eigenvalue weighted by atomic mass is 10.0. The predicted octanol–water partition coefficient (Wildman–Crippen LogP) is 2.64. The van der Waals surface area contributed by atoms with E-state index in [1.54, 1.807) is 6.07 Å². The smallest absolute Gasteiger partial charge is 0.269 e. The molecule has 2 rings (SSSR count). The molecule has 0 aliphatic heterocycles. The lowest BCUT2D eigenvalue weighted by Crippen LogP contribution is -2.32. The number of anilines is 1. The number of hydrogen-bond donors (Lipinski definition) is 2. The monoisotopic (exact) mass is 327 g/mol. The number of benzene rings is 2. The molecule has 0 saturated carbocycles. The van der Waals surface area contributed by atoms with Crippen molar-refractivity contribution in [3.05, 3.63) is 69.3 Å². The maximum atomic E-state index is 12.6. The minimum Gasteiger partial charge on any atom is -0.343 e. The predicted molar refractivity (Wildman–Crippen MR) is 89.6 cm³/mol. The van der Waals surface area contributed by atoms with Gasteiger partial charge in [0.25, 0.3) is 11.6 Å². The maximum absolute atomic E-state index is 12.6. The summed E-state index contributed by atoms with van der Waals surface area (Å²) in [6, 6.07) is 10.2. The van der Waals surface area contributed by atoms with Crippen LogP contribution in [0, 0.1) is 24.0 Å². The van der Waals surface area contributed by atoms with Gasteiger partial charge in [-0.25, -0.2) is 0 Å². The van der Waals surface area contributed by atoms with E-state index in [-0.39, 0.29) is 5.69 Å². The van der Waals surface area contributed by atoms with Crippen molar-refractivity contribution in [1.82, 2.24) is 5.32 Å². The Labute approximate surface area is 138 Å². The average molecular weight is 327 g/mol. The highest BCUT2D eigenvalue weighted by Gasteiger charge is 2.22. The van der Waals surface area contributed by atoms with E-state index < -0.39 is 16.9 Å². The van der Waals surface area contributed by atoms with Gasteiger partial charge in [-0.05, 0) is 30.5 Å². The van der Waals surface area contributed by atoms with Crippen molar-refractivity contribution in [3.8, 4) is 0 Å². The first-order valence-corrected chi connectivity index (χ1v) is 7.25. The SMILES string of the molecule is Cc1cccc(C)c1NC(=O)[C@H](NC=O)c1cccc([N+](=O)[O-])c1. The molecule has 124 valence electrons. The molecule has 0 saturated heterocycles. The summed E-state index contributed by atoms with van der Waals surface area (Å²) in [7, 11) is 0. The third kappa shape index (κ3) is 3.75. The van der Waals surface area contributed by atoms with Gasteiger partial charge in [-0.2, -0.15) is 0 Å². The van der Waals surface area contributed by atoms with Crippen molar-refractivity contribution >= 4 is 23.7 Å². The van der Waals surface area contributed by atoms with Gasteiger partial charge in [0.1, 0.15) is 6.04 Å². The second-order valence-electron chi connectivity index (χ2n) is 5.33. The molecule has 0 unspecified atom stereocenters. The standard InChI is InChI=1S/C17H17N3O4/c1-11-5-3-6-12(2)15(11)19-17(22)16(18-10-21)13-7-4-8-14(9-13)20(23)24/h3-10,16H,1-2H3,(H,18,21)(H,19,22)/t16-/m1/s1. The number of aryl methyl sites for hydroxylation is 2. The van der Waals surface area contributed by atoms with E-state index in [0.717, 1.165) is 11.1 Å². The maximum Gasteiger partial charge on any atom is 0.269 e. The molecule has 0 aliphatic rings. The lowest BCUT2D eigenvalue weighted by Gasteiger charge is -2.18. The highest BCUT2D eigenvalue weighted by Crippen LogP contribution is 2.24. The Morgan fingerprint density at radius 3 is 2.38 bits per heavy atom. The molecule has 0 fully saturated rings. The van der Waals surface area contributed by atoms with Crippen LogP contribution in [0.25, 0.3) is 0 Å². The highest BCUT2D eigenvalue weighted by atomic mass is 16.6. The van der Waals surface area contributed by atoms with Crippen LogP contribution >= 0.6 is 0 Å². The van der Waals surface area contributed by atoms with Crippen molar-refractivity contribution < 1.29 is 14.5 Å². The van der Waals surface area contributed by atoms with Crippen LogP contribution in [0.3, 0.4) is 0 Å². The molecule has 2 amide bonds. The van der Waals surface area contributed by atoms with Crippen LogP contribution in [-0.2, 0) is 9.59 Å². The van der Waals surface area contributed by atoms with E-state index >= 15 is 0 Å². The second kappa shape index (κ2) is 7.36. The van der Waals surface area contributed by atoms with Crippen LogP contribution in [0.2, 0.25) is 0 Å². The van der Waals surface area contributed by atoms with E-state index in [0.29, 0.717) is 17.7 Å². The topological polar surface area (TPSA) is 101 Å². The summed E-state index contributed by atoms with van der Waals surface area (Å²) >= 11 is 0. The van der Waals surface area contributed by atoms with Crippen LogP contribution < -0.4 is 10.6 Å². The average Bonchev–Trinajstić information content (AvgIpc) is 2.56. The molecule has 0 aromatic heterocycles. The van der Waals surface area contributed by atoms with E-state index in [1.807, 2.05) is 32.0 Å². The summed E-state index contributed by atoms with van der Waals surface area (Å²) < 4.78 is 0. The Kier molecular flexibility index (Phi) is 5.26. The van der Waals surface area contributed by atoms with Crippen molar-refractivity contribution in [1.29, 1.82) is 0 Å². The van der Waals surface area contributed by atoms with E-state index in [4.69, 9.17) is 0 Å². The molecule has 2 aromatic carbocycles. The number of para-hydroxylation sites is 1. The fourth-order valence-corrected chi connectivity index (χ4v) is 2.42. The van der Waals surface area contributed by atoms with Crippen LogP contribution in [0.5, 0.6) is 0 Å². The van der Waals surface area contributed by atoms with Gasteiger partial charge in [0, 0.05) is 17.8 Å². The zero-order valence-corrected chi connectivity index (χ0v) is 13.3. The number of non-ortho nitro benzene ring substituents is 1. The molecule has 0 aliphatic carbocycles. The summed E-state index contributed by atoms with van der Waals surface area (Å²) in [5.74, 6) is -0.472. The number of carbonyl (C=O) groups is 2. The molecule has 0 spiro atoms. The lowest BCUT2D eigenvalue weighted by molar-refractivity contribution is -0.384. The van der Waals surface area contributed by atoms with Crippen molar-refractivity contribution in [2.24, 2.45) is 0 Å². The molecule has 1 atom stereocenters. The van der Waals surface area contributed by atoms with Gasteiger partial charge in [-0.1, -0.05) is 30.3 Å². The van der Waals surface area contributed by atoms with Crippen LogP contribution in [-0.4, -0.2) is 17.2 Å². The van der Waals surface area contributed by atoms with Gasteiger partial charge in [-0.15, -0.1) is 0 Å². The third-order valence-electron chi connectivity index (χ3n) is 3.64. The van der Waals surface area contributed by atoms with Crippen molar-refractivity contribution in [3.63, 3.8) is 0 Å². The van der Waals surface area contributed by atoms with Crippen molar-refractivity contribution in [2.45, 2.75) is 19.9 Å². The zero-order chi connectivity index (χ0) is 17.7. The van der Waals surface area contributed by atoms with Crippen molar-refractivity contribution in [2.75, 3.05) is 5.32 Å². The Hall–Kier alpha value is -3.22. The molecule has 2 N–H and O–H groups in total. The summed E-state index contributed by atoms with van der Waals surface area (Å²) in [6.45, 7) is 3.72. The van der Waals surface area contributed by atoms with Gasteiger partial charge in [0.2, 0.25) is 6.41 Å². The molecule has 0 heterocycles. The fraction of sp³-hybridized carbons (Fsp3) is 0.176. The van der Waals surface area contributed by atoms with Gasteiger partial charge in [0.15, 0.2) is 0 Å². The summed E-state index contributed by atoms with van der Waals surface area (Å²) in [5, 5.41) is 16.1. The third-order valence-corrected chi connectivity index (χ3v) is 3.64. The Bertz CT molecular complexity index is 769. The molecule has 24 heavy (non-hydrogen) atoms. The second-order valence-corrected chi connectivity index (χ2v) is 5.33. The molecule has 2 aromatic rings. The molecule has 0 radical (unpaired) electrons. The number of amides is 2. The number of hydrogen-bond acceptors (Lipinski definition) is 4. The summed E-state index contributed by atoms with van der Waals surface area (Å²) in [4.78, 5) is 33.8. The number of nitrogens with zero attached hydrogens (tertiary/aromatic N) is 1. The first-order valence-electron chi connectivity index (χ1n) is 7.25. The number of nitro benzene ring substituents is 1. The first kappa shape index (κ1) is 17.1. The minimum absolute atomic E-state index is 0.148. The van der Waals surface area contributed by atoms with Crippen LogP contribution in [0.4, 0.5) is 11.4 Å². The molecular formula is C17H17N3O4. The number of nitro groups is 1. The Morgan fingerprint density at radius 1 is 1.17 bits per heavy atom. The van der Waals surface area contributed by atoms with Crippen LogP contribution in [0.15, 0.2) is 42.5 Å². The molecule has 7 heteroatoms. The van der Waals surface area contributed by atoms with Gasteiger partial charge < -0.3 is 10.6 Å². The normalized spacial score (nSPS) is 11.4. The molecular weight excluding hydrogens is 310 g/mol. The van der Waals surface area contributed by atoms with Gasteiger partial charge >= 0.3 is 0 Å². The quantitative estimate of drug-likeness (QED) is 0.484. The zero-order valence-electron chi connectivity index (χ0n) is 13.3.